The highest BCUT2D eigenvalue weighted by molar-refractivity contribution is 6.12. The molecule has 0 bridgehead atoms. The Hall–Kier alpha value is -2.54. The van der Waals surface area contributed by atoms with E-state index in [1.54, 1.807) is 13.2 Å². The lowest BCUT2D eigenvalue weighted by Gasteiger charge is -2.59. The monoisotopic (exact) mass is 510 g/mol. The van der Waals surface area contributed by atoms with Gasteiger partial charge in [0.25, 0.3) is 0 Å². The molecule has 7 unspecified atom stereocenters. The largest absolute Gasteiger partial charge is 0.481 e. The van der Waals surface area contributed by atoms with Crippen LogP contribution in [0.4, 0.5) is 0 Å². The Bertz CT molecular complexity index is 1250. The van der Waals surface area contributed by atoms with Crippen LogP contribution >= 0.6 is 0 Å². The molecular weight excluding hydrogens is 472 g/mol. The number of carboxylic acid groups (broad SMARTS) is 1. The molecule has 200 valence electrons. The fourth-order valence-electron chi connectivity index (χ4n) is 8.58. The maximum Gasteiger partial charge on any atom is 0.306 e. The highest BCUT2D eigenvalue weighted by Crippen LogP contribution is 2.71. The fourth-order valence-corrected chi connectivity index (χ4v) is 8.58. The van der Waals surface area contributed by atoms with Crippen molar-refractivity contribution in [2.45, 2.75) is 92.1 Å². The van der Waals surface area contributed by atoms with Crippen molar-refractivity contribution in [2.24, 2.45) is 33.5 Å². The van der Waals surface area contributed by atoms with Gasteiger partial charge in [-0.3, -0.25) is 19.2 Å². The maximum atomic E-state index is 14.1. The van der Waals surface area contributed by atoms with E-state index in [-0.39, 0.29) is 48.4 Å². The number of furan rings is 1. The van der Waals surface area contributed by atoms with Crippen molar-refractivity contribution in [3.05, 3.63) is 34.8 Å². The van der Waals surface area contributed by atoms with Crippen molar-refractivity contribution in [1.82, 2.24) is 0 Å². The number of fused-ring (bicyclic) bond motifs is 4. The van der Waals surface area contributed by atoms with Gasteiger partial charge in [-0.2, -0.15) is 0 Å². The fraction of sp³-hybridized carbons (Fsp3) is 0.667. The number of carboxylic acids is 1. The van der Waals surface area contributed by atoms with E-state index in [1.807, 2.05) is 40.7 Å². The second-order valence-corrected chi connectivity index (χ2v) is 13.3. The van der Waals surface area contributed by atoms with E-state index in [0.29, 0.717) is 36.2 Å². The van der Waals surface area contributed by atoms with Gasteiger partial charge in [-0.15, -0.1) is 0 Å². The van der Waals surface area contributed by atoms with E-state index in [0.717, 1.165) is 5.56 Å². The van der Waals surface area contributed by atoms with Gasteiger partial charge in [0.2, 0.25) is 0 Å². The molecule has 7 nitrogen and oxygen atoms in total. The van der Waals surface area contributed by atoms with E-state index in [2.05, 4.69) is 0 Å². The highest BCUT2D eigenvalue weighted by Gasteiger charge is 2.70. The van der Waals surface area contributed by atoms with Crippen LogP contribution < -0.4 is 0 Å². The number of carbonyl (C=O) groups excluding carboxylic acids is 3. The summed E-state index contributed by atoms with van der Waals surface area (Å²) in [5.41, 5.74) is -1.07. The van der Waals surface area contributed by atoms with E-state index in [4.69, 9.17) is 4.42 Å². The second-order valence-electron chi connectivity index (χ2n) is 13.3. The molecule has 4 aliphatic carbocycles. The van der Waals surface area contributed by atoms with Crippen molar-refractivity contribution in [2.75, 3.05) is 0 Å². The normalized spacial score (nSPS) is 39.8. The molecule has 37 heavy (non-hydrogen) atoms. The van der Waals surface area contributed by atoms with Crippen LogP contribution in [0.25, 0.3) is 0 Å². The molecule has 1 heterocycles. The Kier molecular flexibility index (Phi) is 5.63. The number of aliphatic carboxylic acids is 1. The molecule has 7 atom stereocenters. The molecule has 5 rings (SSSR count). The predicted octanol–water partition coefficient (Wildman–Crippen LogP) is 4.66. The molecular formula is C30H38O7. The third-order valence-corrected chi connectivity index (χ3v) is 11.1. The number of ketones is 3. The minimum Gasteiger partial charge on any atom is -0.481 e. The van der Waals surface area contributed by atoms with Crippen LogP contribution in [0.2, 0.25) is 0 Å². The van der Waals surface area contributed by atoms with Crippen LogP contribution in [0.1, 0.15) is 90.9 Å². The van der Waals surface area contributed by atoms with Crippen LogP contribution in [0, 0.1) is 33.5 Å². The van der Waals surface area contributed by atoms with Gasteiger partial charge >= 0.3 is 5.97 Å². The Labute approximate surface area is 217 Å². The van der Waals surface area contributed by atoms with E-state index in [9.17, 15) is 29.4 Å². The molecule has 0 aliphatic heterocycles. The number of carbonyl (C=O) groups is 4. The Balaban J connectivity index is 1.60. The minimum atomic E-state index is -0.927. The third kappa shape index (κ3) is 3.28. The van der Waals surface area contributed by atoms with Crippen molar-refractivity contribution >= 4 is 23.3 Å². The summed E-state index contributed by atoms with van der Waals surface area (Å²) in [6.45, 7) is 11.4. The molecule has 0 aromatic carbocycles. The smallest absolute Gasteiger partial charge is 0.306 e. The zero-order valence-electron chi connectivity index (χ0n) is 22.6. The second kappa shape index (κ2) is 7.98. The van der Waals surface area contributed by atoms with Crippen LogP contribution in [0.3, 0.4) is 0 Å². The van der Waals surface area contributed by atoms with Crippen molar-refractivity contribution in [3.8, 4) is 0 Å². The summed E-state index contributed by atoms with van der Waals surface area (Å²) in [4.78, 5) is 52.1. The first-order valence-corrected chi connectivity index (χ1v) is 13.4. The minimum absolute atomic E-state index is 0.0528. The maximum absolute atomic E-state index is 14.1. The average molecular weight is 511 g/mol. The van der Waals surface area contributed by atoms with Crippen LogP contribution in [-0.2, 0) is 25.6 Å². The van der Waals surface area contributed by atoms with E-state index < -0.39 is 39.7 Å². The van der Waals surface area contributed by atoms with Crippen molar-refractivity contribution < 1.29 is 33.8 Å². The SMILES string of the molecule is CC(Cc1cc(C2CC(O)C3(C)C4=C(C(=O)CC23C)C2(C)CCC(=O)C(C)(C)C2CC4=O)co1)C(=O)O. The van der Waals surface area contributed by atoms with Crippen LogP contribution in [0.5, 0.6) is 0 Å². The average Bonchev–Trinajstić information content (AvgIpc) is 3.34. The van der Waals surface area contributed by atoms with Crippen molar-refractivity contribution in [3.63, 3.8) is 0 Å². The number of aliphatic hydroxyl groups excluding tert-OH is 1. The summed E-state index contributed by atoms with van der Waals surface area (Å²) in [7, 11) is 0. The summed E-state index contributed by atoms with van der Waals surface area (Å²) in [5, 5.41) is 20.9. The summed E-state index contributed by atoms with van der Waals surface area (Å²) >= 11 is 0. The molecule has 1 aromatic rings. The topological polar surface area (TPSA) is 122 Å². The number of rotatable bonds is 4. The number of allylic oxidation sites excluding steroid dienone is 1. The third-order valence-electron chi connectivity index (χ3n) is 11.1. The first-order chi connectivity index (χ1) is 17.1. The lowest BCUT2D eigenvalue weighted by Crippen LogP contribution is -2.59. The first-order valence-electron chi connectivity index (χ1n) is 13.4. The summed E-state index contributed by atoms with van der Waals surface area (Å²) in [6.07, 6.45) is 2.72. The lowest BCUT2D eigenvalue weighted by molar-refractivity contribution is -0.146. The number of hydrogen-bond acceptors (Lipinski definition) is 6. The summed E-state index contributed by atoms with van der Waals surface area (Å²) < 4.78 is 5.72. The first kappa shape index (κ1) is 26.1. The molecule has 2 N–H and O–H groups in total. The van der Waals surface area contributed by atoms with Gasteiger partial charge in [0.15, 0.2) is 11.6 Å². The molecule has 0 spiro atoms. The van der Waals surface area contributed by atoms with Gasteiger partial charge in [-0.1, -0.05) is 41.5 Å². The van der Waals surface area contributed by atoms with Crippen molar-refractivity contribution in [1.29, 1.82) is 0 Å². The zero-order valence-corrected chi connectivity index (χ0v) is 22.6. The molecule has 2 fully saturated rings. The van der Waals surface area contributed by atoms with E-state index in [1.165, 1.54) is 0 Å². The zero-order chi connectivity index (χ0) is 27.3. The molecule has 4 aliphatic rings. The molecule has 0 radical (unpaired) electrons. The molecule has 1 aromatic heterocycles. The van der Waals surface area contributed by atoms with Gasteiger partial charge in [-0.05, 0) is 41.7 Å². The molecule has 7 heteroatoms. The van der Waals surface area contributed by atoms with Gasteiger partial charge < -0.3 is 14.6 Å². The highest BCUT2D eigenvalue weighted by atomic mass is 16.4. The predicted molar refractivity (Wildman–Crippen MR) is 135 cm³/mol. The van der Waals surface area contributed by atoms with Gasteiger partial charge in [0.1, 0.15) is 11.5 Å². The Morgan fingerprint density at radius 3 is 2.43 bits per heavy atom. The number of aliphatic hydroxyl groups is 1. The van der Waals surface area contributed by atoms with E-state index >= 15 is 0 Å². The van der Waals surface area contributed by atoms with Gasteiger partial charge in [0, 0.05) is 53.1 Å². The molecule has 2 saturated carbocycles. The van der Waals surface area contributed by atoms with Gasteiger partial charge in [-0.25, -0.2) is 0 Å². The van der Waals surface area contributed by atoms with Crippen LogP contribution in [-0.4, -0.2) is 39.6 Å². The molecule has 0 saturated heterocycles. The van der Waals surface area contributed by atoms with Gasteiger partial charge in [0.05, 0.1) is 18.3 Å². The summed E-state index contributed by atoms with van der Waals surface area (Å²) in [6, 6.07) is 1.84. The van der Waals surface area contributed by atoms with Crippen LogP contribution in [0.15, 0.2) is 27.9 Å². The number of Topliss-reactive ketones (excluding diaryl/α,β-unsaturated/α-hetero) is 3. The Morgan fingerprint density at radius 1 is 1.11 bits per heavy atom. The Morgan fingerprint density at radius 2 is 1.78 bits per heavy atom. The number of hydrogen-bond donors (Lipinski definition) is 2. The summed E-state index contributed by atoms with van der Waals surface area (Å²) in [5.74, 6) is -1.46. The standard InChI is InChI=1S/C30H38O7/c1-15(26(35)36)9-17-10-16(14-37-17)18-11-23(34)30(6)25-19(31)12-21-27(2,3)22(33)7-8-28(21,4)24(25)20(32)13-29(18,30)5/h10,14-15,18,21,23,34H,7-9,11-13H2,1-6H3,(H,35,36). The molecule has 0 amide bonds. The lowest BCUT2D eigenvalue weighted by atomic mass is 9.43. The quantitative estimate of drug-likeness (QED) is 0.604.